The molecule has 3 aromatic heterocycles. The number of hydrogen-bond acceptors (Lipinski definition) is 4. The molecule has 0 unspecified atom stereocenters. The fraction of sp³-hybridized carbons (Fsp3) is 0.250. The number of aryl methyl sites for hydroxylation is 2. The average molecular weight is 414 g/mol. The van der Waals surface area contributed by atoms with Gasteiger partial charge < -0.3 is 9.47 Å². The monoisotopic (exact) mass is 413 g/mol. The molecule has 4 rings (SSSR count). The van der Waals surface area contributed by atoms with E-state index in [2.05, 4.69) is 10.1 Å². The van der Waals surface area contributed by atoms with Gasteiger partial charge >= 0.3 is 0 Å². The Morgan fingerprint density at radius 2 is 2.11 bits per heavy atom. The van der Waals surface area contributed by atoms with Gasteiger partial charge in [-0.3, -0.25) is 9.48 Å². The van der Waals surface area contributed by atoms with Crippen molar-refractivity contribution >= 4 is 39.1 Å². The lowest BCUT2D eigenvalue weighted by atomic mass is 10.2. The van der Waals surface area contributed by atoms with Crippen LogP contribution in [0.2, 0.25) is 5.02 Å². The quantitative estimate of drug-likeness (QED) is 0.494. The Bertz CT molecular complexity index is 1160. The van der Waals surface area contributed by atoms with Crippen molar-refractivity contribution < 1.29 is 4.79 Å². The third kappa shape index (κ3) is 3.43. The number of carbonyl (C=O) groups is 1. The van der Waals surface area contributed by atoms with Gasteiger partial charge in [0.2, 0.25) is 0 Å². The highest BCUT2D eigenvalue weighted by Crippen LogP contribution is 2.30. The first-order chi connectivity index (χ1) is 13.4. The van der Waals surface area contributed by atoms with Crippen LogP contribution in [0.15, 0.2) is 42.7 Å². The zero-order chi connectivity index (χ0) is 19.8. The SMILES string of the molecule is Cc1nn(Cc2ccccc2Cl)c2sc(C(=O)N(C)Cc3nccn3C)cc12. The number of imidazole rings is 1. The van der Waals surface area contributed by atoms with Crippen molar-refractivity contribution in [2.45, 2.75) is 20.0 Å². The molecule has 0 aliphatic rings. The fourth-order valence-corrected chi connectivity index (χ4v) is 4.49. The van der Waals surface area contributed by atoms with Crippen molar-refractivity contribution in [2.75, 3.05) is 7.05 Å². The first kappa shape index (κ1) is 18.7. The molecule has 3 heterocycles. The number of aromatic nitrogens is 4. The largest absolute Gasteiger partial charge is 0.337 e. The summed E-state index contributed by atoms with van der Waals surface area (Å²) in [5, 5.41) is 6.35. The van der Waals surface area contributed by atoms with Gasteiger partial charge in [0.1, 0.15) is 10.7 Å². The summed E-state index contributed by atoms with van der Waals surface area (Å²) in [5.41, 5.74) is 1.91. The Hall–Kier alpha value is -2.64. The molecule has 0 saturated carbocycles. The van der Waals surface area contributed by atoms with E-state index in [-0.39, 0.29) is 5.91 Å². The number of carbonyl (C=O) groups excluding carboxylic acids is 1. The van der Waals surface area contributed by atoms with Gasteiger partial charge in [0.25, 0.3) is 5.91 Å². The molecule has 0 radical (unpaired) electrons. The van der Waals surface area contributed by atoms with Gasteiger partial charge in [-0.1, -0.05) is 29.8 Å². The standard InChI is InChI=1S/C20H20ClN5OS/c1-13-15-10-17(19(27)25(3)12-18-22-8-9-24(18)2)28-20(15)26(23-13)11-14-6-4-5-7-16(14)21/h4-10H,11-12H2,1-3H3. The number of amides is 1. The zero-order valence-electron chi connectivity index (χ0n) is 15.9. The summed E-state index contributed by atoms with van der Waals surface area (Å²) in [6, 6.07) is 9.68. The lowest BCUT2D eigenvalue weighted by Gasteiger charge is -2.15. The summed E-state index contributed by atoms with van der Waals surface area (Å²) in [6.07, 6.45) is 3.61. The highest BCUT2D eigenvalue weighted by molar-refractivity contribution is 7.20. The molecular weight excluding hydrogens is 394 g/mol. The average Bonchev–Trinajstić information content (AvgIpc) is 3.35. The smallest absolute Gasteiger partial charge is 0.264 e. The van der Waals surface area contributed by atoms with E-state index in [1.807, 2.05) is 59.7 Å². The summed E-state index contributed by atoms with van der Waals surface area (Å²) in [6.45, 7) is 2.99. The lowest BCUT2D eigenvalue weighted by Crippen LogP contribution is -2.26. The third-order valence-corrected chi connectivity index (χ3v) is 6.25. The Labute approximate surface area is 172 Å². The van der Waals surface area contributed by atoms with Crippen molar-refractivity contribution in [1.29, 1.82) is 0 Å². The molecule has 4 aromatic rings. The Morgan fingerprint density at radius 1 is 1.32 bits per heavy atom. The summed E-state index contributed by atoms with van der Waals surface area (Å²) >= 11 is 7.77. The molecule has 1 amide bonds. The number of hydrogen-bond donors (Lipinski definition) is 0. The van der Waals surface area contributed by atoms with Crippen molar-refractivity contribution in [2.24, 2.45) is 7.05 Å². The number of fused-ring (bicyclic) bond motifs is 1. The molecule has 28 heavy (non-hydrogen) atoms. The Kier molecular flexibility index (Phi) is 4.95. The highest BCUT2D eigenvalue weighted by atomic mass is 35.5. The molecule has 8 heteroatoms. The van der Waals surface area contributed by atoms with Gasteiger partial charge in [0.05, 0.1) is 23.7 Å². The molecule has 1 aromatic carbocycles. The van der Waals surface area contributed by atoms with Crippen LogP contribution in [0, 0.1) is 6.92 Å². The normalized spacial score (nSPS) is 11.3. The Morgan fingerprint density at radius 3 is 2.82 bits per heavy atom. The predicted octanol–water partition coefficient (Wildman–Crippen LogP) is 4.11. The predicted molar refractivity (Wildman–Crippen MR) is 112 cm³/mol. The minimum absolute atomic E-state index is 0.0205. The molecular formula is C20H20ClN5OS. The molecule has 0 bridgehead atoms. The molecule has 0 spiro atoms. The van der Waals surface area contributed by atoms with Gasteiger partial charge in [0, 0.05) is 36.9 Å². The first-order valence-electron chi connectivity index (χ1n) is 8.86. The number of halogens is 1. The van der Waals surface area contributed by atoms with Crippen LogP contribution in [0.4, 0.5) is 0 Å². The van der Waals surface area contributed by atoms with Crippen LogP contribution in [0.25, 0.3) is 10.2 Å². The van der Waals surface area contributed by atoms with E-state index in [1.165, 1.54) is 11.3 Å². The maximum absolute atomic E-state index is 12.9. The number of nitrogens with zero attached hydrogens (tertiary/aromatic N) is 5. The van der Waals surface area contributed by atoms with Crippen LogP contribution in [0.5, 0.6) is 0 Å². The van der Waals surface area contributed by atoms with E-state index in [0.717, 1.165) is 27.3 Å². The molecule has 0 atom stereocenters. The third-order valence-electron chi connectivity index (χ3n) is 4.74. The second kappa shape index (κ2) is 7.41. The summed E-state index contributed by atoms with van der Waals surface area (Å²) < 4.78 is 3.84. The summed E-state index contributed by atoms with van der Waals surface area (Å²) in [7, 11) is 3.72. The van der Waals surface area contributed by atoms with Gasteiger partial charge in [-0.05, 0) is 24.6 Å². The number of rotatable bonds is 5. The molecule has 0 fully saturated rings. The van der Waals surface area contributed by atoms with Crippen molar-refractivity contribution in [3.8, 4) is 0 Å². The molecule has 0 N–H and O–H groups in total. The summed E-state index contributed by atoms with van der Waals surface area (Å²) in [4.78, 5) is 20.6. The lowest BCUT2D eigenvalue weighted by molar-refractivity contribution is 0.0785. The van der Waals surface area contributed by atoms with Crippen LogP contribution >= 0.6 is 22.9 Å². The second-order valence-corrected chi connectivity index (χ2v) is 8.22. The minimum atomic E-state index is -0.0205. The maximum Gasteiger partial charge on any atom is 0.264 e. The van der Waals surface area contributed by atoms with Crippen LogP contribution in [-0.2, 0) is 20.1 Å². The van der Waals surface area contributed by atoms with Crippen LogP contribution < -0.4 is 0 Å². The van der Waals surface area contributed by atoms with Gasteiger partial charge in [-0.25, -0.2) is 4.98 Å². The van der Waals surface area contributed by atoms with Crippen LogP contribution in [0.3, 0.4) is 0 Å². The molecule has 0 aliphatic carbocycles. The molecule has 0 saturated heterocycles. The Balaban J connectivity index is 1.62. The van der Waals surface area contributed by atoms with E-state index in [1.54, 1.807) is 18.1 Å². The van der Waals surface area contributed by atoms with Crippen LogP contribution in [-0.4, -0.2) is 37.2 Å². The van der Waals surface area contributed by atoms with Crippen LogP contribution in [0.1, 0.15) is 26.8 Å². The van der Waals surface area contributed by atoms with E-state index in [0.29, 0.717) is 23.0 Å². The minimum Gasteiger partial charge on any atom is -0.337 e. The van der Waals surface area contributed by atoms with E-state index in [4.69, 9.17) is 11.6 Å². The van der Waals surface area contributed by atoms with E-state index in [9.17, 15) is 4.79 Å². The van der Waals surface area contributed by atoms with E-state index < -0.39 is 0 Å². The number of thiophene rings is 1. The summed E-state index contributed by atoms with van der Waals surface area (Å²) in [5.74, 6) is 0.825. The van der Waals surface area contributed by atoms with Crippen molar-refractivity contribution in [3.63, 3.8) is 0 Å². The number of benzene rings is 1. The zero-order valence-corrected chi connectivity index (χ0v) is 17.5. The van der Waals surface area contributed by atoms with Gasteiger partial charge in [0.15, 0.2) is 0 Å². The van der Waals surface area contributed by atoms with Gasteiger partial charge in [-0.15, -0.1) is 11.3 Å². The van der Waals surface area contributed by atoms with Crippen molar-refractivity contribution in [1.82, 2.24) is 24.2 Å². The van der Waals surface area contributed by atoms with E-state index >= 15 is 0 Å². The fourth-order valence-electron chi connectivity index (χ4n) is 3.13. The topological polar surface area (TPSA) is 56.0 Å². The highest BCUT2D eigenvalue weighted by Gasteiger charge is 2.20. The van der Waals surface area contributed by atoms with Gasteiger partial charge in [-0.2, -0.15) is 5.10 Å². The molecule has 0 aliphatic heterocycles. The second-order valence-electron chi connectivity index (χ2n) is 6.78. The molecule has 6 nitrogen and oxygen atoms in total. The van der Waals surface area contributed by atoms with Crippen molar-refractivity contribution in [3.05, 3.63) is 69.7 Å². The molecule has 144 valence electrons. The first-order valence-corrected chi connectivity index (χ1v) is 10.1. The maximum atomic E-state index is 12.9.